The summed E-state index contributed by atoms with van der Waals surface area (Å²) in [6, 6.07) is 14.2. The van der Waals surface area contributed by atoms with Crippen molar-refractivity contribution in [1.82, 2.24) is 5.32 Å². The average molecular weight is 397 g/mol. The van der Waals surface area contributed by atoms with E-state index in [1.807, 2.05) is 24.3 Å². The van der Waals surface area contributed by atoms with Crippen molar-refractivity contribution in [2.24, 2.45) is 11.8 Å². The molecule has 0 unspecified atom stereocenters. The molecule has 154 valence electrons. The molecule has 29 heavy (non-hydrogen) atoms. The molecular weight excluding hydrogens is 367 g/mol. The number of rotatable bonds is 7. The fourth-order valence-corrected chi connectivity index (χ4v) is 3.93. The van der Waals surface area contributed by atoms with Crippen LogP contribution in [-0.4, -0.2) is 18.4 Å². The molecule has 4 nitrogen and oxygen atoms in total. The minimum absolute atomic E-state index is 0.0322. The maximum absolute atomic E-state index is 12.9. The van der Waals surface area contributed by atoms with E-state index in [0.29, 0.717) is 13.0 Å². The third-order valence-corrected chi connectivity index (χ3v) is 5.75. The maximum atomic E-state index is 12.9. The Kier molecular flexibility index (Phi) is 7.39. The third kappa shape index (κ3) is 5.89. The zero-order valence-corrected chi connectivity index (χ0v) is 16.9. The third-order valence-electron chi connectivity index (χ3n) is 5.75. The Morgan fingerprint density at radius 2 is 1.55 bits per heavy atom. The number of hydrogen-bond donors (Lipinski definition) is 2. The summed E-state index contributed by atoms with van der Waals surface area (Å²) < 4.78 is 12.9. The molecule has 5 heteroatoms. The predicted molar refractivity (Wildman–Crippen MR) is 113 cm³/mol. The summed E-state index contributed by atoms with van der Waals surface area (Å²) in [5.74, 6) is -0.210. The molecule has 0 aliphatic heterocycles. The van der Waals surface area contributed by atoms with Gasteiger partial charge in [-0.15, -0.1) is 0 Å². The Balaban J connectivity index is 1.41. The van der Waals surface area contributed by atoms with Crippen LogP contribution in [0.5, 0.6) is 0 Å². The van der Waals surface area contributed by atoms with Crippen LogP contribution in [0.2, 0.25) is 0 Å². The van der Waals surface area contributed by atoms with E-state index in [4.69, 9.17) is 0 Å². The lowest BCUT2D eigenvalue weighted by atomic mass is 9.81. The first-order chi connectivity index (χ1) is 14.1. The van der Waals surface area contributed by atoms with Crippen LogP contribution in [0.3, 0.4) is 0 Å². The van der Waals surface area contributed by atoms with Crippen LogP contribution in [0.15, 0.2) is 48.5 Å². The van der Waals surface area contributed by atoms with Gasteiger partial charge < -0.3 is 10.6 Å². The summed E-state index contributed by atoms with van der Waals surface area (Å²) in [6.45, 7) is 2.61. The fraction of sp³-hybridized carbons (Fsp3) is 0.417. The van der Waals surface area contributed by atoms with Crippen molar-refractivity contribution in [2.45, 2.75) is 45.4 Å². The van der Waals surface area contributed by atoms with Gasteiger partial charge in [0.05, 0.1) is 0 Å². The topological polar surface area (TPSA) is 58.2 Å². The van der Waals surface area contributed by atoms with Gasteiger partial charge in [0.1, 0.15) is 5.82 Å². The van der Waals surface area contributed by atoms with Crippen molar-refractivity contribution in [3.8, 4) is 0 Å². The minimum atomic E-state index is -0.253. The lowest BCUT2D eigenvalue weighted by molar-refractivity contribution is -0.128. The van der Waals surface area contributed by atoms with Crippen LogP contribution in [0.4, 0.5) is 10.1 Å². The molecule has 2 aromatic rings. The van der Waals surface area contributed by atoms with Crippen molar-refractivity contribution < 1.29 is 14.0 Å². The number of benzene rings is 2. The Bertz CT molecular complexity index is 827. The molecular formula is C24H29FN2O2. The van der Waals surface area contributed by atoms with Crippen molar-refractivity contribution in [3.63, 3.8) is 0 Å². The van der Waals surface area contributed by atoms with Crippen LogP contribution in [0, 0.1) is 17.7 Å². The first-order valence-electron chi connectivity index (χ1n) is 10.5. The second-order valence-electron chi connectivity index (χ2n) is 7.72. The molecule has 2 amide bonds. The molecule has 1 aliphatic carbocycles. The minimum Gasteiger partial charge on any atom is -0.356 e. The molecule has 1 aliphatic rings. The van der Waals surface area contributed by atoms with E-state index in [1.54, 1.807) is 12.1 Å². The van der Waals surface area contributed by atoms with E-state index in [-0.39, 0.29) is 29.5 Å². The van der Waals surface area contributed by atoms with E-state index >= 15 is 0 Å². The Morgan fingerprint density at radius 1 is 0.931 bits per heavy atom. The molecule has 0 heterocycles. The zero-order chi connectivity index (χ0) is 20.6. The Morgan fingerprint density at radius 3 is 2.21 bits per heavy atom. The van der Waals surface area contributed by atoms with Gasteiger partial charge in [-0.05, 0) is 67.9 Å². The Hall–Kier alpha value is -2.69. The van der Waals surface area contributed by atoms with Gasteiger partial charge in [0.15, 0.2) is 0 Å². The number of halogens is 1. The second kappa shape index (κ2) is 10.2. The molecule has 0 aromatic heterocycles. The molecule has 0 radical (unpaired) electrons. The fourth-order valence-electron chi connectivity index (χ4n) is 3.93. The Labute approximate surface area is 171 Å². The molecule has 1 fully saturated rings. The van der Waals surface area contributed by atoms with Crippen molar-refractivity contribution in [3.05, 3.63) is 65.5 Å². The largest absolute Gasteiger partial charge is 0.356 e. The number of hydrogen-bond acceptors (Lipinski definition) is 2. The van der Waals surface area contributed by atoms with Gasteiger partial charge in [-0.1, -0.05) is 37.3 Å². The van der Waals surface area contributed by atoms with Gasteiger partial charge >= 0.3 is 0 Å². The van der Waals surface area contributed by atoms with Gasteiger partial charge in [0, 0.05) is 24.1 Å². The monoisotopic (exact) mass is 396 g/mol. The number of carbonyl (C=O) groups is 2. The molecule has 2 N–H and O–H groups in total. The second-order valence-corrected chi connectivity index (χ2v) is 7.72. The number of para-hydroxylation sites is 1. The highest BCUT2D eigenvalue weighted by Gasteiger charge is 2.30. The molecule has 0 saturated heterocycles. The first-order valence-corrected chi connectivity index (χ1v) is 10.5. The highest BCUT2D eigenvalue weighted by atomic mass is 19.1. The van der Waals surface area contributed by atoms with Gasteiger partial charge in [-0.25, -0.2) is 4.39 Å². The summed E-state index contributed by atoms with van der Waals surface area (Å²) in [5.41, 5.74) is 3.02. The normalized spacial score (nSPS) is 18.8. The van der Waals surface area contributed by atoms with Gasteiger partial charge in [0.2, 0.25) is 11.8 Å². The SMILES string of the molecule is CCc1ccccc1NC(=O)C1CCC(C(=O)NCCc2ccc(F)cc2)CC1. The standard InChI is InChI=1S/C24H29FN2O2/c1-2-18-5-3-4-6-22(18)27-24(29)20-11-9-19(10-12-20)23(28)26-16-15-17-7-13-21(25)14-8-17/h3-8,13-14,19-20H,2,9-12,15-16H2,1H3,(H,26,28)(H,27,29). The molecule has 0 spiro atoms. The smallest absolute Gasteiger partial charge is 0.227 e. The maximum Gasteiger partial charge on any atom is 0.227 e. The number of aryl methyl sites for hydroxylation is 1. The predicted octanol–water partition coefficient (Wildman–Crippen LogP) is 4.49. The van der Waals surface area contributed by atoms with Crippen LogP contribution in [0.25, 0.3) is 0 Å². The first kappa shape index (κ1) is 21.0. The van der Waals surface area contributed by atoms with Gasteiger partial charge in [-0.3, -0.25) is 9.59 Å². The number of nitrogens with one attached hydrogen (secondary N) is 2. The zero-order valence-electron chi connectivity index (χ0n) is 16.9. The molecule has 0 atom stereocenters. The van der Waals surface area contributed by atoms with Crippen molar-refractivity contribution in [1.29, 1.82) is 0 Å². The summed E-state index contributed by atoms with van der Waals surface area (Å²) in [7, 11) is 0. The van der Waals surface area contributed by atoms with Gasteiger partial charge in [0.25, 0.3) is 0 Å². The summed E-state index contributed by atoms with van der Waals surface area (Å²) in [4.78, 5) is 25.0. The lowest BCUT2D eigenvalue weighted by Crippen LogP contribution is -2.36. The van der Waals surface area contributed by atoms with Crippen LogP contribution < -0.4 is 10.6 Å². The highest BCUT2D eigenvalue weighted by Crippen LogP contribution is 2.30. The lowest BCUT2D eigenvalue weighted by Gasteiger charge is -2.27. The van der Waals surface area contributed by atoms with Crippen LogP contribution in [-0.2, 0) is 22.4 Å². The van der Waals surface area contributed by atoms with E-state index < -0.39 is 0 Å². The highest BCUT2D eigenvalue weighted by molar-refractivity contribution is 5.93. The summed E-state index contributed by atoms with van der Waals surface area (Å²) in [5, 5.41) is 6.05. The van der Waals surface area contributed by atoms with Crippen LogP contribution in [0.1, 0.15) is 43.7 Å². The van der Waals surface area contributed by atoms with Crippen molar-refractivity contribution >= 4 is 17.5 Å². The van der Waals surface area contributed by atoms with E-state index in [9.17, 15) is 14.0 Å². The van der Waals surface area contributed by atoms with E-state index in [2.05, 4.69) is 17.6 Å². The molecule has 3 rings (SSSR count). The molecule has 0 bridgehead atoms. The summed E-state index contributed by atoms with van der Waals surface area (Å²) in [6.07, 6.45) is 4.49. The summed E-state index contributed by atoms with van der Waals surface area (Å²) >= 11 is 0. The van der Waals surface area contributed by atoms with Gasteiger partial charge in [-0.2, -0.15) is 0 Å². The average Bonchev–Trinajstić information content (AvgIpc) is 2.75. The number of amides is 2. The molecule has 1 saturated carbocycles. The molecule has 2 aromatic carbocycles. The quantitative estimate of drug-likeness (QED) is 0.724. The van der Waals surface area contributed by atoms with E-state index in [0.717, 1.165) is 48.9 Å². The van der Waals surface area contributed by atoms with Crippen LogP contribution >= 0.6 is 0 Å². The van der Waals surface area contributed by atoms with E-state index in [1.165, 1.54) is 12.1 Å². The van der Waals surface area contributed by atoms with Crippen molar-refractivity contribution in [2.75, 3.05) is 11.9 Å². The number of carbonyl (C=O) groups excluding carboxylic acids is 2. The number of anilines is 1.